The van der Waals surface area contributed by atoms with Crippen LogP contribution in [-0.4, -0.2) is 41.6 Å². The van der Waals surface area contributed by atoms with Gasteiger partial charge in [0.05, 0.1) is 11.8 Å². The zero-order valence-corrected chi connectivity index (χ0v) is 11.0. The van der Waals surface area contributed by atoms with Crippen LogP contribution in [0.5, 0.6) is 0 Å². The van der Waals surface area contributed by atoms with Crippen LogP contribution in [0, 0.1) is 0 Å². The van der Waals surface area contributed by atoms with Gasteiger partial charge in [-0.3, -0.25) is 4.79 Å². The van der Waals surface area contributed by atoms with Gasteiger partial charge in [-0.1, -0.05) is 30.3 Å². The molecule has 0 aromatic heterocycles. The number of carbonyl (C=O) groups is 2. The van der Waals surface area contributed by atoms with Gasteiger partial charge in [-0.15, -0.1) is 0 Å². The first-order valence-electron chi connectivity index (χ1n) is 5.74. The highest BCUT2D eigenvalue weighted by atomic mass is 32.2. The number of amides is 2. The van der Waals surface area contributed by atoms with E-state index in [9.17, 15) is 9.59 Å². The van der Waals surface area contributed by atoms with Gasteiger partial charge in [0.15, 0.2) is 0 Å². The van der Waals surface area contributed by atoms with Crippen LogP contribution >= 0.6 is 11.8 Å². The summed E-state index contributed by atoms with van der Waals surface area (Å²) in [6.45, 7) is 0.286. The lowest BCUT2D eigenvalue weighted by Gasteiger charge is -2.19. The number of nitrogens with zero attached hydrogens (tertiary/aromatic N) is 1. The zero-order chi connectivity index (χ0) is 13.0. The molecule has 2 rings (SSSR count). The Balaban J connectivity index is 2.07. The number of rotatable bonds is 4. The molecule has 0 spiro atoms. The first-order chi connectivity index (χ1) is 8.72. The van der Waals surface area contributed by atoms with Crippen molar-refractivity contribution < 1.29 is 14.3 Å². The van der Waals surface area contributed by atoms with E-state index >= 15 is 0 Å². The molecule has 1 aliphatic rings. The maximum atomic E-state index is 11.9. The zero-order valence-electron chi connectivity index (χ0n) is 10.2. The summed E-state index contributed by atoms with van der Waals surface area (Å²) in [5.41, 5.74) is 1.10. The molecule has 0 N–H and O–H groups in total. The number of carbonyl (C=O) groups excluding carboxylic acids is 2. The molecule has 0 bridgehead atoms. The van der Waals surface area contributed by atoms with Crippen molar-refractivity contribution in [2.24, 2.45) is 0 Å². The van der Waals surface area contributed by atoms with E-state index in [1.165, 1.54) is 16.7 Å². The highest BCUT2D eigenvalue weighted by molar-refractivity contribution is 7.99. The van der Waals surface area contributed by atoms with Gasteiger partial charge >= 0.3 is 6.09 Å². The van der Waals surface area contributed by atoms with Gasteiger partial charge < -0.3 is 4.74 Å². The first-order valence-corrected chi connectivity index (χ1v) is 7.13. The third-order valence-corrected chi connectivity index (χ3v) is 3.35. The maximum absolute atomic E-state index is 11.9. The minimum absolute atomic E-state index is 0.175. The average molecular weight is 265 g/mol. The Hall–Kier alpha value is -1.49. The van der Waals surface area contributed by atoms with Crippen LogP contribution in [0.4, 0.5) is 4.79 Å². The Morgan fingerprint density at radius 3 is 2.83 bits per heavy atom. The molecule has 1 fully saturated rings. The predicted molar refractivity (Wildman–Crippen MR) is 70.5 cm³/mol. The van der Waals surface area contributed by atoms with Crippen molar-refractivity contribution in [3.05, 3.63) is 35.9 Å². The predicted octanol–water partition coefficient (Wildman–Crippen LogP) is 1.94. The summed E-state index contributed by atoms with van der Waals surface area (Å²) in [5.74, 6) is 0.131. The number of benzene rings is 1. The quantitative estimate of drug-likeness (QED) is 0.834. The Morgan fingerprint density at radius 1 is 1.44 bits per heavy atom. The van der Waals surface area contributed by atoms with Gasteiger partial charge in [-0.05, 0) is 18.2 Å². The van der Waals surface area contributed by atoms with E-state index in [-0.39, 0.29) is 18.6 Å². The maximum Gasteiger partial charge on any atom is 0.417 e. The Labute approximate surface area is 110 Å². The molecule has 1 saturated heterocycles. The smallest absolute Gasteiger partial charge is 0.417 e. The molecule has 0 saturated carbocycles. The van der Waals surface area contributed by atoms with Gasteiger partial charge in [-0.2, -0.15) is 11.8 Å². The fraction of sp³-hybridized carbons (Fsp3) is 0.385. The van der Waals surface area contributed by atoms with E-state index in [1.807, 2.05) is 36.6 Å². The molecular weight excluding hydrogens is 250 g/mol. The minimum Gasteiger partial charge on any atom is -0.447 e. The standard InChI is InChI=1S/C13H15NO3S/c1-18-9-12(15)14-11(8-17-13(14)16)7-10-5-3-2-4-6-10/h2-6,11H,7-9H2,1H3/t11-/m0/s1. The van der Waals surface area contributed by atoms with E-state index in [2.05, 4.69) is 0 Å². The molecular formula is C13H15NO3S. The van der Waals surface area contributed by atoms with Crippen LogP contribution in [0.25, 0.3) is 0 Å². The largest absolute Gasteiger partial charge is 0.447 e. The summed E-state index contributed by atoms with van der Waals surface area (Å²) in [7, 11) is 0. The summed E-state index contributed by atoms with van der Waals surface area (Å²) in [4.78, 5) is 24.7. The fourth-order valence-electron chi connectivity index (χ4n) is 2.00. The summed E-state index contributed by atoms with van der Waals surface area (Å²) >= 11 is 1.41. The van der Waals surface area contributed by atoms with Crippen molar-refractivity contribution in [1.29, 1.82) is 0 Å². The Kier molecular flexibility index (Phi) is 4.25. The second kappa shape index (κ2) is 5.91. The van der Waals surface area contributed by atoms with Gasteiger partial charge in [0.2, 0.25) is 5.91 Å². The van der Waals surface area contributed by atoms with Crippen molar-refractivity contribution in [3.63, 3.8) is 0 Å². The van der Waals surface area contributed by atoms with E-state index in [0.29, 0.717) is 12.2 Å². The van der Waals surface area contributed by atoms with Crippen molar-refractivity contribution in [1.82, 2.24) is 4.90 Å². The average Bonchev–Trinajstić information content (AvgIpc) is 2.72. The Bertz CT molecular complexity index is 435. The molecule has 1 aromatic carbocycles. The monoisotopic (exact) mass is 265 g/mol. The molecule has 1 heterocycles. The van der Waals surface area contributed by atoms with Gasteiger partial charge in [0.1, 0.15) is 6.61 Å². The van der Waals surface area contributed by atoms with E-state index in [4.69, 9.17) is 4.74 Å². The second-order valence-electron chi connectivity index (χ2n) is 4.12. The summed E-state index contributed by atoms with van der Waals surface area (Å²) in [6, 6.07) is 9.62. The van der Waals surface area contributed by atoms with E-state index in [1.54, 1.807) is 0 Å². The molecule has 0 aliphatic carbocycles. The molecule has 0 radical (unpaired) electrons. The summed E-state index contributed by atoms with van der Waals surface area (Å²) in [5, 5.41) is 0. The van der Waals surface area contributed by atoms with Crippen LogP contribution in [0.2, 0.25) is 0 Å². The summed E-state index contributed by atoms with van der Waals surface area (Å²) in [6.07, 6.45) is 1.97. The van der Waals surface area contributed by atoms with Crippen molar-refractivity contribution in [3.8, 4) is 0 Å². The Morgan fingerprint density at radius 2 is 2.17 bits per heavy atom. The fourth-order valence-corrected chi connectivity index (χ4v) is 2.38. The highest BCUT2D eigenvalue weighted by Crippen LogP contribution is 2.18. The number of hydrogen-bond donors (Lipinski definition) is 0. The van der Waals surface area contributed by atoms with E-state index in [0.717, 1.165) is 5.56 Å². The molecule has 5 heteroatoms. The molecule has 0 unspecified atom stereocenters. The van der Waals surface area contributed by atoms with Crippen LogP contribution in [-0.2, 0) is 16.0 Å². The highest BCUT2D eigenvalue weighted by Gasteiger charge is 2.37. The van der Waals surface area contributed by atoms with Crippen LogP contribution < -0.4 is 0 Å². The lowest BCUT2D eigenvalue weighted by atomic mass is 10.1. The van der Waals surface area contributed by atoms with Gasteiger partial charge in [-0.25, -0.2) is 9.69 Å². The molecule has 96 valence electrons. The van der Waals surface area contributed by atoms with Crippen LogP contribution in [0.1, 0.15) is 5.56 Å². The number of thioether (sulfide) groups is 1. The molecule has 1 atom stereocenters. The van der Waals surface area contributed by atoms with Crippen molar-refractivity contribution in [2.45, 2.75) is 12.5 Å². The molecule has 1 aliphatic heterocycles. The minimum atomic E-state index is -0.519. The van der Waals surface area contributed by atoms with Gasteiger partial charge in [0.25, 0.3) is 0 Å². The van der Waals surface area contributed by atoms with Gasteiger partial charge in [0, 0.05) is 0 Å². The number of ether oxygens (including phenoxy) is 1. The van der Waals surface area contributed by atoms with Crippen LogP contribution in [0.3, 0.4) is 0 Å². The number of imide groups is 1. The lowest BCUT2D eigenvalue weighted by molar-refractivity contribution is -0.126. The van der Waals surface area contributed by atoms with Crippen LogP contribution in [0.15, 0.2) is 30.3 Å². The lowest BCUT2D eigenvalue weighted by Crippen LogP contribution is -2.41. The third-order valence-electron chi connectivity index (χ3n) is 2.81. The SMILES string of the molecule is CSCC(=O)N1C(=O)OC[C@@H]1Cc1ccccc1. The summed E-state index contributed by atoms with van der Waals surface area (Å²) < 4.78 is 4.97. The topological polar surface area (TPSA) is 46.6 Å². The normalized spacial score (nSPS) is 18.8. The van der Waals surface area contributed by atoms with Crippen molar-refractivity contribution in [2.75, 3.05) is 18.6 Å². The van der Waals surface area contributed by atoms with Crippen molar-refractivity contribution >= 4 is 23.8 Å². The molecule has 1 aromatic rings. The number of hydrogen-bond acceptors (Lipinski definition) is 4. The molecule has 4 nitrogen and oxygen atoms in total. The van der Waals surface area contributed by atoms with E-state index < -0.39 is 6.09 Å². The number of cyclic esters (lactones) is 1. The molecule has 2 amide bonds. The molecule has 18 heavy (non-hydrogen) atoms. The third kappa shape index (κ3) is 2.85. The second-order valence-corrected chi connectivity index (χ2v) is 4.98. The first kappa shape index (κ1) is 13.0.